The van der Waals surface area contributed by atoms with Crippen LogP contribution >= 0.6 is 0 Å². The van der Waals surface area contributed by atoms with Crippen molar-refractivity contribution in [3.63, 3.8) is 0 Å². The number of amides is 2. The zero-order valence-electron chi connectivity index (χ0n) is 17.0. The Morgan fingerprint density at radius 2 is 1.68 bits per heavy atom. The van der Waals surface area contributed by atoms with Gasteiger partial charge in [-0.2, -0.15) is 0 Å². The van der Waals surface area contributed by atoms with Crippen molar-refractivity contribution in [2.45, 2.75) is 37.5 Å². The maximum atomic E-state index is 12.6. The summed E-state index contributed by atoms with van der Waals surface area (Å²) in [5.74, 6) is -1.86. The number of fused-ring (bicyclic) bond motifs is 3. The number of nitrogens with one attached hydrogen (secondary N) is 1. The quantitative estimate of drug-likeness (QED) is 0.676. The van der Waals surface area contributed by atoms with Gasteiger partial charge < -0.3 is 25.2 Å². The van der Waals surface area contributed by atoms with Crippen molar-refractivity contribution in [1.29, 1.82) is 0 Å². The minimum atomic E-state index is -1.18. The van der Waals surface area contributed by atoms with Crippen molar-refractivity contribution < 1.29 is 29.3 Å². The Kier molecular flexibility index (Phi) is 5.65. The van der Waals surface area contributed by atoms with E-state index in [2.05, 4.69) is 5.32 Å². The van der Waals surface area contributed by atoms with Crippen LogP contribution in [0.5, 0.6) is 0 Å². The van der Waals surface area contributed by atoms with Gasteiger partial charge in [0.1, 0.15) is 18.7 Å². The summed E-state index contributed by atoms with van der Waals surface area (Å²) >= 11 is 0. The van der Waals surface area contributed by atoms with Gasteiger partial charge in [0.25, 0.3) is 0 Å². The minimum Gasteiger partial charge on any atom is -0.480 e. The van der Waals surface area contributed by atoms with E-state index in [-0.39, 0.29) is 25.5 Å². The van der Waals surface area contributed by atoms with E-state index in [0.29, 0.717) is 0 Å². The number of ether oxygens (including phenoxy) is 1. The van der Waals surface area contributed by atoms with Gasteiger partial charge in [-0.25, -0.2) is 9.59 Å². The van der Waals surface area contributed by atoms with Gasteiger partial charge in [0, 0.05) is 18.9 Å². The first-order valence-electron chi connectivity index (χ1n) is 10.2. The van der Waals surface area contributed by atoms with Crippen molar-refractivity contribution in [2.75, 3.05) is 13.2 Å². The normalized spacial score (nSPS) is 20.6. The molecule has 2 aromatic rings. The number of benzene rings is 2. The second-order valence-electron chi connectivity index (χ2n) is 7.93. The van der Waals surface area contributed by atoms with Crippen molar-refractivity contribution in [2.24, 2.45) is 0 Å². The molecule has 2 aromatic carbocycles. The molecule has 0 saturated carbocycles. The first kappa shape index (κ1) is 20.9. The van der Waals surface area contributed by atoms with Crippen LogP contribution in [0, 0.1) is 0 Å². The van der Waals surface area contributed by atoms with Gasteiger partial charge in [-0.1, -0.05) is 48.5 Å². The Balaban J connectivity index is 1.39. The Morgan fingerprint density at radius 1 is 1.10 bits per heavy atom. The predicted molar refractivity (Wildman–Crippen MR) is 111 cm³/mol. The number of rotatable bonds is 5. The molecule has 2 amide bonds. The third-order valence-corrected chi connectivity index (χ3v) is 5.90. The van der Waals surface area contributed by atoms with Gasteiger partial charge in [-0.05, 0) is 29.2 Å². The number of aliphatic carboxylic acids is 1. The monoisotopic (exact) mass is 424 g/mol. The number of nitrogens with zero attached hydrogens (tertiary/aromatic N) is 1. The molecule has 1 heterocycles. The number of carboxylic acids is 1. The highest BCUT2D eigenvalue weighted by Crippen LogP contribution is 2.44. The smallest absolute Gasteiger partial charge is 0.407 e. The van der Waals surface area contributed by atoms with Crippen LogP contribution in [-0.4, -0.2) is 64.4 Å². The fourth-order valence-corrected chi connectivity index (χ4v) is 4.42. The zero-order valence-corrected chi connectivity index (χ0v) is 17.0. The molecule has 2 unspecified atom stereocenters. The molecule has 8 nitrogen and oxygen atoms in total. The summed E-state index contributed by atoms with van der Waals surface area (Å²) in [6, 6.07) is 13.9. The highest BCUT2D eigenvalue weighted by atomic mass is 16.5. The Hall–Kier alpha value is -3.39. The molecule has 0 spiro atoms. The first-order chi connectivity index (χ1) is 14.9. The number of hydrogen-bond donors (Lipinski definition) is 3. The summed E-state index contributed by atoms with van der Waals surface area (Å²) in [7, 11) is 0. The van der Waals surface area contributed by atoms with Gasteiger partial charge in [0.15, 0.2) is 0 Å². The van der Waals surface area contributed by atoms with Crippen LogP contribution in [0.3, 0.4) is 0 Å². The summed E-state index contributed by atoms with van der Waals surface area (Å²) in [5.41, 5.74) is 4.39. The number of likely N-dealkylation sites (tertiary alicyclic amines) is 1. The largest absolute Gasteiger partial charge is 0.480 e. The van der Waals surface area contributed by atoms with E-state index in [4.69, 9.17) is 4.74 Å². The van der Waals surface area contributed by atoms with E-state index < -0.39 is 36.2 Å². The fraction of sp³-hybridized carbons (Fsp3) is 0.348. The fourth-order valence-electron chi connectivity index (χ4n) is 4.42. The third kappa shape index (κ3) is 3.98. The van der Waals surface area contributed by atoms with Crippen LogP contribution in [-0.2, 0) is 14.3 Å². The van der Waals surface area contributed by atoms with Gasteiger partial charge in [0.2, 0.25) is 5.91 Å². The van der Waals surface area contributed by atoms with Crippen LogP contribution in [0.1, 0.15) is 30.4 Å². The molecule has 1 aliphatic carbocycles. The summed E-state index contributed by atoms with van der Waals surface area (Å²) in [5, 5.41) is 21.5. The molecule has 3 N–H and O–H groups in total. The molecule has 0 aromatic heterocycles. The van der Waals surface area contributed by atoms with Gasteiger partial charge >= 0.3 is 12.1 Å². The molecular weight excluding hydrogens is 400 g/mol. The number of carboxylic acid groups (broad SMARTS) is 1. The second kappa shape index (κ2) is 8.39. The lowest BCUT2D eigenvalue weighted by molar-refractivity contribution is -0.148. The van der Waals surface area contributed by atoms with Crippen LogP contribution in [0.15, 0.2) is 48.5 Å². The van der Waals surface area contributed by atoms with E-state index in [1.165, 1.54) is 6.92 Å². The molecule has 2 aliphatic rings. The standard InChI is InChI=1S/C23H24N2O6/c1-13(21(27)25-11-14(26)10-20(25)22(28)29)24-23(30)31-12-19-17-8-4-2-6-15(17)16-7-3-5-9-18(16)19/h2-9,13-14,19-20,26H,10-12H2,1H3,(H,24,30)(H,28,29)/t13-,14?,20?/m0/s1. The third-order valence-electron chi connectivity index (χ3n) is 5.90. The summed E-state index contributed by atoms with van der Waals surface area (Å²) < 4.78 is 5.43. The van der Waals surface area contributed by atoms with E-state index in [1.54, 1.807) is 0 Å². The number of carbonyl (C=O) groups is 3. The van der Waals surface area contributed by atoms with Gasteiger partial charge in [-0.15, -0.1) is 0 Å². The van der Waals surface area contributed by atoms with Crippen LogP contribution < -0.4 is 5.32 Å². The molecule has 1 saturated heterocycles. The van der Waals surface area contributed by atoms with E-state index in [9.17, 15) is 24.6 Å². The van der Waals surface area contributed by atoms with Crippen molar-refractivity contribution in [1.82, 2.24) is 10.2 Å². The molecule has 8 heteroatoms. The molecule has 31 heavy (non-hydrogen) atoms. The highest BCUT2D eigenvalue weighted by Gasteiger charge is 2.40. The van der Waals surface area contributed by atoms with E-state index in [0.717, 1.165) is 27.2 Å². The molecule has 3 atom stereocenters. The predicted octanol–water partition coefficient (Wildman–Crippen LogP) is 1.96. The second-order valence-corrected chi connectivity index (χ2v) is 7.93. The first-order valence-corrected chi connectivity index (χ1v) is 10.2. The SMILES string of the molecule is C[C@H](NC(=O)OCC1c2ccccc2-c2ccccc21)C(=O)N1CC(O)CC1C(=O)O. The maximum Gasteiger partial charge on any atom is 0.407 e. The summed E-state index contributed by atoms with van der Waals surface area (Å²) in [6.45, 7) is 1.50. The van der Waals surface area contributed by atoms with Gasteiger partial charge in [0.05, 0.1) is 6.10 Å². The number of β-amino-alcohol motifs (C(OH)–C–C–N with tert-alkyl or cyclic N) is 1. The van der Waals surface area contributed by atoms with Crippen LogP contribution in [0.25, 0.3) is 11.1 Å². The number of carbonyl (C=O) groups excluding carboxylic acids is 2. The molecule has 162 valence electrons. The average molecular weight is 424 g/mol. The van der Waals surface area contributed by atoms with Crippen molar-refractivity contribution in [3.05, 3.63) is 59.7 Å². The summed E-state index contributed by atoms with van der Waals surface area (Å²) in [4.78, 5) is 37.4. The molecule has 1 fully saturated rings. The molecule has 4 rings (SSSR count). The number of aliphatic hydroxyl groups excluding tert-OH is 1. The van der Waals surface area contributed by atoms with Crippen molar-refractivity contribution >= 4 is 18.0 Å². The van der Waals surface area contributed by atoms with Gasteiger partial charge in [-0.3, -0.25) is 4.79 Å². The zero-order chi connectivity index (χ0) is 22.1. The lowest BCUT2D eigenvalue weighted by Gasteiger charge is -2.25. The lowest BCUT2D eigenvalue weighted by atomic mass is 9.98. The lowest BCUT2D eigenvalue weighted by Crippen LogP contribution is -2.50. The Labute approximate surface area is 179 Å². The van der Waals surface area contributed by atoms with Crippen LogP contribution in [0.4, 0.5) is 4.79 Å². The Morgan fingerprint density at radius 3 is 2.26 bits per heavy atom. The number of alkyl carbamates (subject to hydrolysis) is 1. The van der Waals surface area contributed by atoms with E-state index in [1.807, 2.05) is 48.5 Å². The van der Waals surface area contributed by atoms with Crippen molar-refractivity contribution in [3.8, 4) is 11.1 Å². The Bertz CT molecular complexity index is 977. The molecule has 1 aliphatic heterocycles. The highest BCUT2D eigenvalue weighted by molar-refractivity contribution is 5.89. The summed E-state index contributed by atoms with van der Waals surface area (Å²) in [6.07, 6.45) is -1.68. The van der Waals surface area contributed by atoms with Crippen LogP contribution in [0.2, 0.25) is 0 Å². The number of aliphatic hydroxyl groups is 1. The van der Waals surface area contributed by atoms with E-state index >= 15 is 0 Å². The molecule has 0 radical (unpaired) electrons. The molecule has 0 bridgehead atoms. The number of hydrogen-bond acceptors (Lipinski definition) is 5. The maximum absolute atomic E-state index is 12.6. The molecular formula is C23H24N2O6. The average Bonchev–Trinajstić information content (AvgIpc) is 3.30. The topological polar surface area (TPSA) is 116 Å². The minimum absolute atomic E-state index is 0.0290.